The van der Waals surface area contributed by atoms with Crippen LogP contribution in [-0.4, -0.2) is 40.1 Å². The molecule has 1 aliphatic rings. The van der Waals surface area contributed by atoms with E-state index in [9.17, 15) is 13.2 Å². The lowest BCUT2D eigenvalue weighted by Crippen LogP contribution is -2.39. The van der Waals surface area contributed by atoms with Gasteiger partial charge in [-0.25, -0.2) is 13.1 Å². The zero-order chi connectivity index (χ0) is 23.9. The summed E-state index contributed by atoms with van der Waals surface area (Å²) in [5, 5.41) is 0.464. The van der Waals surface area contributed by atoms with Crippen molar-refractivity contribution in [2.45, 2.75) is 42.4 Å². The van der Waals surface area contributed by atoms with Gasteiger partial charge >= 0.3 is 0 Å². The summed E-state index contributed by atoms with van der Waals surface area (Å²) in [4.78, 5) is 17.7. The van der Waals surface area contributed by atoms with E-state index in [-0.39, 0.29) is 10.3 Å². The number of ether oxygens (including phenoxy) is 2. The van der Waals surface area contributed by atoms with Gasteiger partial charge in [-0.3, -0.25) is 9.78 Å². The van der Waals surface area contributed by atoms with Crippen molar-refractivity contribution < 1.29 is 22.7 Å². The zero-order valence-corrected chi connectivity index (χ0v) is 20.0. The second-order valence-electron chi connectivity index (χ2n) is 9.07. The van der Waals surface area contributed by atoms with E-state index in [1.165, 1.54) is 6.07 Å². The van der Waals surface area contributed by atoms with Gasteiger partial charge < -0.3 is 9.47 Å². The molecule has 0 atom stereocenters. The number of rotatable bonds is 8. The van der Waals surface area contributed by atoms with Crippen molar-refractivity contribution in [3.8, 4) is 5.75 Å². The van der Waals surface area contributed by atoms with Gasteiger partial charge in [0.05, 0.1) is 29.5 Å². The molecule has 0 spiro atoms. The van der Waals surface area contributed by atoms with Crippen LogP contribution in [0.3, 0.4) is 0 Å². The Morgan fingerprint density at radius 3 is 2.55 bits per heavy atom. The Bertz CT molecular complexity index is 1310. The minimum atomic E-state index is -4.10. The van der Waals surface area contributed by atoms with E-state index in [1.54, 1.807) is 44.7 Å². The fourth-order valence-electron chi connectivity index (χ4n) is 4.27. The summed E-state index contributed by atoms with van der Waals surface area (Å²) in [6.45, 7) is 4.61. The molecule has 0 saturated heterocycles. The summed E-state index contributed by atoms with van der Waals surface area (Å²) < 4.78 is 39.7. The molecule has 0 aliphatic heterocycles. The normalized spacial score (nSPS) is 15.3. The van der Waals surface area contributed by atoms with Gasteiger partial charge in [0.25, 0.3) is 10.0 Å². The van der Waals surface area contributed by atoms with Gasteiger partial charge in [0.1, 0.15) is 5.75 Å². The van der Waals surface area contributed by atoms with Crippen LogP contribution >= 0.6 is 0 Å². The fraction of sp³-hybridized carbons (Fsp3) is 0.360. The van der Waals surface area contributed by atoms with Gasteiger partial charge in [-0.05, 0) is 48.7 Å². The molecule has 4 rings (SSSR count). The first-order chi connectivity index (χ1) is 15.6. The molecule has 1 N–H and O–H groups in total. The average Bonchev–Trinajstić information content (AvgIpc) is 3.60. The Morgan fingerprint density at radius 1 is 1.12 bits per heavy atom. The topological polar surface area (TPSA) is 94.6 Å². The van der Waals surface area contributed by atoms with Crippen molar-refractivity contribution in [1.82, 2.24) is 9.71 Å². The molecule has 1 saturated carbocycles. The maximum atomic E-state index is 13.4. The Hall–Kier alpha value is -2.97. The van der Waals surface area contributed by atoms with Crippen LogP contribution in [0.2, 0.25) is 0 Å². The maximum absolute atomic E-state index is 13.4. The first-order valence-electron chi connectivity index (χ1n) is 10.7. The van der Waals surface area contributed by atoms with Crippen molar-refractivity contribution in [1.29, 1.82) is 0 Å². The van der Waals surface area contributed by atoms with Crippen molar-refractivity contribution in [3.05, 3.63) is 65.9 Å². The van der Waals surface area contributed by atoms with E-state index in [1.807, 2.05) is 18.2 Å². The summed E-state index contributed by atoms with van der Waals surface area (Å²) in [6.07, 6.45) is 2.67. The minimum absolute atomic E-state index is 0.0270. The number of sulfonamides is 1. The third-order valence-corrected chi connectivity index (χ3v) is 7.70. The van der Waals surface area contributed by atoms with Gasteiger partial charge in [-0.2, -0.15) is 0 Å². The molecule has 1 heterocycles. The molecule has 2 aromatic carbocycles. The Morgan fingerprint density at radius 2 is 1.88 bits per heavy atom. The first-order valence-corrected chi connectivity index (χ1v) is 12.2. The van der Waals surface area contributed by atoms with Crippen LogP contribution in [0.4, 0.5) is 0 Å². The number of carbonyl (C=O) groups is 1. The molecule has 0 unspecified atom stereocenters. The van der Waals surface area contributed by atoms with Crippen molar-refractivity contribution in [2.75, 3.05) is 20.8 Å². The van der Waals surface area contributed by atoms with Gasteiger partial charge in [0.15, 0.2) is 0 Å². The number of carbonyl (C=O) groups excluding carboxylic acids is 1. The highest BCUT2D eigenvalue weighted by Gasteiger charge is 2.54. The number of hydrogen-bond donors (Lipinski definition) is 1. The van der Waals surface area contributed by atoms with Crippen molar-refractivity contribution >= 4 is 26.8 Å². The van der Waals surface area contributed by atoms with Gasteiger partial charge in [-0.1, -0.05) is 32.0 Å². The molecule has 7 nitrogen and oxygen atoms in total. The Kier molecular flexibility index (Phi) is 5.92. The van der Waals surface area contributed by atoms with Crippen LogP contribution in [0.15, 0.2) is 59.6 Å². The fourth-order valence-corrected chi connectivity index (χ4v) is 5.54. The van der Waals surface area contributed by atoms with E-state index in [2.05, 4.69) is 23.6 Å². The first kappa shape index (κ1) is 23.2. The Labute approximate surface area is 194 Å². The SMILES string of the molecule is COCC(C)(C)c1ccc(OC)c(C2(C(=O)NS(=O)(=O)c3cccc4ncccc34)CC2)c1. The number of aromatic nitrogens is 1. The molecule has 1 fully saturated rings. The van der Waals surface area contributed by atoms with E-state index in [4.69, 9.17) is 9.47 Å². The second-order valence-corrected chi connectivity index (χ2v) is 10.7. The lowest BCUT2D eigenvalue weighted by Gasteiger charge is -2.27. The number of nitrogens with zero attached hydrogens (tertiary/aromatic N) is 1. The van der Waals surface area contributed by atoms with Crippen LogP contribution in [0, 0.1) is 0 Å². The Balaban J connectivity index is 1.71. The summed E-state index contributed by atoms with van der Waals surface area (Å²) in [5.74, 6) is 0.00904. The molecular weight excluding hydrogens is 440 g/mol. The standard InChI is InChI=1S/C25H28N2O5S/c1-24(2,16-31-3)17-10-11-21(32-4)19(15-17)25(12-13-25)23(28)27-33(29,30)22-9-5-8-20-18(22)7-6-14-26-20/h5-11,14-15H,12-13,16H2,1-4H3,(H,27,28). The molecule has 174 valence electrons. The van der Waals surface area contributed by atoms with Crippen molar-refractivity contribution in [3.63, 3.8) is 0 Å². The third-order valence-electron chi connectivity index (χ3n) is 6.31. The molecule has 1 aliphatic carbocycles. The highest BCUT2D eigenvalue weighted by atomic mass is 32.2. The number of pyridine rings is 1. The lowest BCUT2D eigenvalue weighted by atomic mass is 9.82. The largest absolute Gasteiger partial charge is 0.496 e. The highest BCUT2D eigenvalue weighted by molar-refractivity contribution is 7.90. The summed E-state index contributed by atoms with van der Waals surface area (Å²) in [6, 6.07) is 13.9. The minimum Gasteiger partial charge on any atom is -0.496 e. The molecule has 8 heteroatoms. The smallest absolute Gasteiger partial charge is 0.264 e. The number of nitrogens with one attached hydrogen (secondary N) is 1. The van der Waals surface area contributed by atoms with Gasteiger partial charge in [-0.15, -0.1) is 0 Å². The maximum Gasteiger partial charge on any atom is 0.264 e. The molecule has 1 amide bonds. The van der Waals surface area contributed by atoms with Crippen LogP contribution in [0.1, 0.15) is 37.8 Å². The van der Waals surface area contributed by atoms with Gasteiger partial charge in [0, 0.05) is 29.7 Å². The quantitative estimate of drug-likeness (QED) is 0.542. The predicted molar refractivity (Wildman–Crippen MR) is 126 cm³/mol. The molecule has 0 bridgehead atoms. The molecule has 3 aromatic rings. The van der Waals surface area contributed by atoms with E-state index < -0.39 is 21.3 Å². The van der Waals surface area contributed by atoms with Gasteiger partial charge in [0.2, 0.25) is 5.91 Å². The monoisotopic (exact) mass is 468 g/mol. The molecule has 1 aromatic heterocycles. The molecule has 33 heavy (non-hydrogen) atoms. The van der Waals surface area contributed by atoms with Crippen LogP contribution in [-0.2, 0) is 30.4 Å². The summed E-state index contributed by atoms with van der Waals surface area (Å²) >= 11 is 0. The molecular formula is C25H28N2O5S. The second kappa shape index (κ2) is 8.43. The zero-order valence-electron chi connectivity index (χ0n) is 19.2. The number of benzene rings is 2. The van der Waals surface area contributed by atoms with Crippen LogP contribution in [0.25, 0.3) is 10.9 Å². The summed E-state index contributed by atoms with van der Waals surface area (Å²) in [7, 11) is -0.908. The van der Waals surface area contributed by atoms with Crippen molar-refractivity contribution in [2.24, 2.45) is 0 Å². The highest BCUT2D eigenvalue weighted by Crippen LogP contribution is 2.52. The van der Waals surface area contributed by atoms with E-state index in [0.717, 1.165) is 5.56 Å². The van der Waals surface area contributed by atoms with Crippen LogP contribution in [0.5, 0.6) is 5.75 Å². The van der Waals surface area contributed by atoms with E-state index in [0.29, 0.717) is 41.7 Å². The average molecular weight is 469 g/mol. The number of amides is 1. The predicted octanol–water partition coefficient (Wildman–Crippen LogP) is 3.70. The third kappa shape index (κ3) is 4.20. The number of hydrogen-bond acceptors (Lipinski definition) is 6. The molecule has 0 radical (unpaired) electrons. The number of fused-ring (bicyclic) bond motifs is 1. The summed E-state index contributed by atoms with van der Waals surface area (Å²) in [5.41, 5.74) is 0.981. The lowest BCUT2D eigenvalue weighted by molar-refractivity contribution is -0.121. The van der Waals surface area contributed by atoms with Crippen LogP contribution < -0.4 is 9.46 Å². The number of methoxy groups -OCH3 is 2. The van der Waals surface area contributed by atoms with E-state index >= 15 is 0 Å².